The average Bonchev–Trinajstić information content (AvgIpc) is 3.25. The fraction of sp³-hybridized carbons (Fsp3) is 0.435. The Kier molecular flexibility index (Phi) is 9.45. The summed E-state index contributed by atoms with van der Waals surface area (Å²) in [7, 11) is 2.03. The van der Waals surface area contributed by atoms with Crippen LogP contribution < -0.4 is 16.0 Å². The molecule has 0 unspecified atom stereocenters. The molecule has 0 aliphatic carbocycles. The van der Waals surface area contributed by atoms with E-state index in [1.807, 2.05) is 7.05 Å². The van der Waals surface area contributed by atoms with Crippen LogP contribution in [0.1, 0.15) is 33.7 Å². The number of likely N-dealkylation sites (N-methyl/N-ethyl adjacent to an activating group) is 1. The van der Waals surface area contributed by atoms with E-state index in [-0.39, 0.29) is 30.8 Å². The van der Waals surface area contributed by atoms with Gasteiger partial charge >= 0.3 is 11.8 Å². The van der Waals surface area contributed by atoms with Gasteiger partial charge in [-0.1, -0.05) is 15.9 Å². The molecular formula is C23H28BrClN6O4S. The molecule has 2 aliphatic heterocycles. The van der Waals surface area contributed by atoms with Crippen LogP contribution in [0.3, 0.4) is 0 Å². The second-order valence-corrected chi connectivity index (χ2v) is 10.8. The van der Waals surface area contributed by atoms with Crippen LogP contribution in [0.4, 0.5) is 5.69 Å². The van der Waals surface area contributed by atoms with Crippen molar-refractivity contribution >= 4 is 69.0 Å². The summed E-state index contributed by atoms with van der Waals surface area (Å²) in [5, 5.41) is 8.60. The molecule has 0 saturated carbocycles. The summed E-state index contributed by atoms with van der Waals surface area (Å²) in [4.78, 5) is 59.5. The Morgan fingerprint density at radius 1 is 1.06 bits per heavy atom. The summed E-state index contributed by atoms with van der Waals surface area (Å²) in [6.45, 7) is 3.76. The number of nitrogens with one attached hydrogen (secondary N) is 3. The molecular weight excluding hydrogens is 572 g/mol. The van der Waals surface area contributed by atoms with Crippen molar-refractivity contribution < 1.29 is 19.2 Å². The Balaban J connectivity index is 0.00000361. The number of hydrogen-bond acceptors (Lipinski definition) is 7. The van der Waals surface area contributed by atoms with Gasteiger partial charge in [-0.15, -0.1) is 23.7 Å². The minimum atomic E-state index is -0.804. The van der Waals surface area contributed by atoms with E-state index in [9.17, 15) is 19.2 Å². The Morgan fingerprint density at radius 2 is 1.78 bits per heavy atom. The molecule has 4 amide bonds. The number of benzene rings is 1. The van der Waals surface area contributed by atoms with Crippen LogP contribution >= 0.6 is 39.7 Å². The third-order valence-electron chi connectivity index (χ3n) is 6.12. The summed E-state index contributed by atoms with van der Waals surface area (Å²) >= 11 is 4.69. The summed E-state index contributed by atoms with van der Waals surface area (Å²) in [5.74, 6) is -2.07. The van der Waals surface area contributed by atoms with Crippen LogP contribution in [0.5, 0.6) is 0 Å². The Labute approximate surface area is 227 Å². The van der Waals surface area contributed by atoms with Crippen LogP contribution in [0.15, 0.2) is 28.7 Å². The second-order valence-electron chi connectivity index (χ2n) is 8.75. The van der Waals surface area contributed by atoms with Crippen molar-refractivity contribution in [1.29, 1.82) is 0 Å². The van der Waals surface area contributed by atoms with Crippen molar-refractivity contribution in [2.75, 3.05) is 32.0 Å². The smallest absolute Gasteiger partial charge is 0.313 e. The van der Waals surface area contributed by atoms with Gasteiger partial charge in [0, 0.05) is 54.6 Å². The molecule has 2 atom stereocenters. The summed E-state index contributed by atoms with van der Waals surface area (Å²) in [5.41, 5.74) is 1.43. The van der Waals surface area contributed by atoms with Gasteiger partial charge < -0.3 is 25.8 Å². The van der Waals surface area contributed by atoms with E-state index in [0.717, 1.165) is 34.6 Å². The topological polar surface area (TPSA) is 124 Å². The maximum atomic E-state index is 13.0. The number of halogens is 2. The highest BCUT2D eigenvalue weighted by Gasteiger charge is 2.34. The number of hydrogen-bond donors (Lipinski definition) is 3. The number of carbonyl (C=O) groups excluding carboxylic acids is 4. The van der Waals surface area contributed by atoms with Crippen LogP contribution in [0.25, 0.3) is 0 Å². The fourth-order valence-electron chi connectivity index (χ4n) is 4.16. The molecule has 2 aromatic rings. The molecule has 10 nitrogen and oxygen atoms in total. The van der Waals surface area contributed by atoms with Gasteiger partial charge in [0.25, 0.3) is 5.91 Å². The Hall–Kier alpha value is -2.54. The Bertz CT molecular complexity index is 1140. The molecule has 1 fully saturated rings. The van der Waals surface area contributed by atoms with Crippen molar-refractivity contribution in [1.82, 2.24) is 25.4 Å². The molecule has 3 heterocycles. The van der Waals surface area contributed by atoms with E-state index in [0.29, 0.717) is 23.7 Å². The minimum Gasteiger partial charge on any atom is -0.343 e. The number of anilines is 1. The summed E-state index contributed by atoms with van der Waals surface area (Å²) < 4.78 is 0.851. The first-order valence-electron chi connectivity index (χ1n) is 11.3. The lowest BCUT2D eigenvalue weighted by molar-refractivity contribution is -0.137. The molecule has 194 valence electrons. The lowest BCUT2D eigenvalue weighted by atomic mass is 9.98. The maximum absolute atomic E-state index is 13.0. The summed E-state index contributed by atoms with van der Waals surface area (Å²) in [6.07, 6.45) is 1.20. The molecule has 0 spiro atoms. The number of thiazole rings is 1. The van der Waals surface area contributed by atoms with E-state index < -0.39 is 23.9 Å². The zero-order valence-corrected chi connectivity index (χ0v) is 23.1. The molecule has 0 bridgehead atoms. The monoisotopic (exact) mass is 598 g/mol. The van der Waals surface area contributed by atoms with Gasteiger partial charge in [-0.3, -0.25) is 19.2 Å². The molecule has 1 aromatic carbocycles. The van der Waals surface area contributed by atoms with E-state index in [2.05, 4.69) is 41.8 Å². The number of carbonyl (C=O) groups is 4. The van der Waals surface area contributed by atoms with E-state index in [4.69, 9.17) is 0 Å². The zero-order valence-electron chi connectivity index (χ0n) is 19.9. The fourth-order valence-corrected chi connectivity index (χ4v) is 5.52. The number of rotatable bonds is 4. The van der Waals surface area contributed by atoms with Crippen molar-refractivity contribution in [3.05, 3.63) is 44.3 Å². The second kappa shape index (κ2) is 12.1. The molecule has 0 radical (unpaired) electrons. The normalized spacial score (nSPS) is 19.5. The van der Waals surface area contributed by atoms with Crippen molar-refractivity contribution in [3.8, 4) is 0 Å². The predicted octanol–water partition coefficient (Wildman–Crippen LogP) is 1.79. The van der Waals surface area contributed by atoms with Gasteiger partial charge in [0.2, 0.25) is 5.91 Å². The van der Waals surface area contributed by atoms with E-state index in [1.165, 1.54) is 18.3 Å². The number of piperidine rings is 1. The highest BCUT2D eigenvalue weighted by Crippen LogP contribution is 2.25. The molecule has 13 heteroatoms. The maximum Gasteiger partial charge on any atom is 0.313 e. The zero-order chi connectivity index (χ0) is 25.1. The largest absolute Gasteiger partial charge is 0.343 e. The van der Waals surface area contributed by atoms with Gasteiger partial charge in [0.15, 0.2) is 5.01 Å². The van der Waals surface area contributed by atoms with Crippen molar-refractivity contribution in [3.63, 3.8) is 0 Å². The van der Waals surface area contributed by atoms with Crippen LogP contribution in [0, 0.1) is 0 Å². The van der Waals surface area contributed by atoms with Gasteiger partial charge in [0.1, 0.15) is 0 Å². The van der Waals surface area contributed by atoms with E-state index >= 15 is 0 Å². The lowest BCUT2D eigenvalue weighted by Gasteiger charge is -2.38. The van der Waals surface area contributed by atoms with Gasteiger partial charge in [-0.05, 0) is 37.7 Å². The molecule has 36 heavy (non-hydrogen) atoms. The number of nitrogens with zero attached hydrogens (tertiary/aromatic N) is 3. The molecule has 3 N–H and O–H groups in total. The predicted molar refractivity (Wildman–Crippen MR) is 142 cm³/mol. The first-order chi connectivity index (χ1) is 16.7. The van der Waals surface area contributed by atoms with Crippen molar-refractivity contribution in [2.45, 2.75) is 38.4 Å². The highest BCUT2D eigenvalue weighted by molar-refractivity contribution is 9.10. The van der Waals surface area contributed by atoms with Gasteiger partial charge in [-0.25, -0.2) is 4.98 Å². The Morgan fingerprint density at radius 3 is 2.47 bits per heavy atom. The minimum absolute atomic E-state index is 0. The first-order valence-corrected chi connectivity index (χ1v) is 12.9. The SMILES string of the molecule is CC(=O)N1CC[C@H](NC(=O)C(=O)Nc2ccc(Br)cc2)[C@H](NC(=O)c2nc3c(s2)CN(C)CC3)C1.Cl. The number of amides is 4. The standard InChI is InChI=1S/C23H27BrN6O4S.ClH/c1-13(31)30-10-8-16(26-21(33)20(32)25-15-5-3-14(24)4-6-15)18(11-30)27-22(34)23-28-17-7-9-29(2)12-19(17)35-23;/h3-6,16,18H,7-12H2,1-2H3,(H,25,32)(H,26,33)(H,27,34);1H/t16-,18+;/m0./s1. The first kappa shape index (κ1) is 28.0. The van der Waals surface area contributed by atoms with Crippen molar-refractivity contribution in [2.24, 2.45) is 0 Å². The van der Waals surface area contributed by atoms with Gasteiger partial charge in [-0.2, -0.15) is 0 Å². The third-order valence-corrected chi connectivity index (χ3v) is 7.73. The summed E-state index contributed by atoms with van der Waals surface area (Å²) in [6, 6.07) is 5.78. The average molecular weight is 600 g/mol. The van der Waals surface area contributed by atoms with Crippen LogP contribution in [-0.2, 0) is 27.3 Å². The molecule has 2 aliphatic rings. The number of likely N-dealkylation sites (tertiary alicyclic amines) is 1. The highest BCUT2D eigenvalue weighted by atomic mass is 79.9. The van der Waals surface area contributed by atoms with Gasteiger partial charge in [0.05, 0.1) is 17.8 Å². The van der Waals surface area contributed by atoms with Crippen LogP contribution in [-0.4, -0.2) is 77.2 Å². The van der Waals surface area contributed by atoms with E-state index in [1.54, 1.807) is 29.2 Å². The lowest BCUT2D eigenvalue weighted by Crippen LogP contribution is -2.62. The quantitative estimate of drug-likeness (QED) is 0.461. The third kappa shape index (κ3) is 6.81. The number of fused-ring (bicyclic) bond motifs is 1. The van der Waals surface area contributed by atoms with Crippen LogP contribution in [0.2, 0.25) is 0 Å². The molecule has 4 rings (SSSR count). The number of aromatic nitrogens is 1. The molecule has 1 saturated heterocycles. The molecule has 1 aromatic heterocycles.